The predicted molar refractivity (Wildman–Crippen MR) is 110 cm³/mol. The third kappa shape index (κ3) is 3.89. The van der Waals surface area contributed by atoms with Gasteiger partial charge in [-0.05, 0) is 24.1 Å². The molecule has 2 N–H and O–H groups in total. The summed E-state index contributed by atoms with van der Waals surface area (Å²) in [7, 11) is 0. The molecule has 3 heterocycles. The van der Waals surface area contributed by atoms with Gasteiger partial charge < -0.3 is 19.9 Å². The first-order chi connectivity index (χ1) is 15.5. The lowest BCUT2D eigenvalue weighted by Crippen LogP contribution is -2.34. The van der Waals surface area contributed by atoms with E-state index in [2.05, 4.69) is 30.3 Å². The average molecular weight is 438 g/mol. The van der Waals surface area contributed by atoms with Gasteiger partial charge in [-0.2, -0.15) is 0 Å². The zero-order chi connectivity index (χ0) is 22.7. The molecule has 0 unspecified atom stereocenters. The van der Waals surface area contributed by atoms with Gasteiger partial charge in [-0.15, -0.1) is 0 Å². The van der Waals surface area contributed by atoms with Crippen molar-refractivity contribution in [3.8, 4) is 0 Å². The molecule has 0 saturated carbocycles. The van der Waals surface area contributed by atoms with Crippen molar-refractivity contribution < 1.29 is 24.2 Å². The minimum Gasteiger partial charge on any atom is -0.450 e. The topological polar surface area (TPSA) is 177 Å². The number of amides is 1. The minimum absolute atomic E-state index is 0.176. The minimum atomic E-state index is -1.53. The number of hydrogen-bond donors (Lipinski definition) is 2. The van der Waals surface area contributed by atoms with E-state index in [1.165, 1.54) is 17.2 Å². The highest BCUT2D eigenvalue weighted by Crippen LogP contribution is 2.37. The van der Waals surface area contributed by atoms with Crippen LogP contribution in [0.5, 0.6) is 0 Å². The summed E-state index contributed by atoms with van der Waals surface area (Å²) in [6.07, 6.45) is -1.13. The fraction of sp³-hybridized carbons (Fsp3) is 0.316. The Morgan fingerprint density at radius 2 is 2.09 bits per heavy atom. The van der Waals surface area contributed by atoms with Crippen LogP contribution in [0, 0.1) is 0 Å². The summed E-state index contributed by atoms with van der Waals surface area (Å²) in [5.41, 5.74) is 9.91. The van der Waals surface area contributed by atoms with Crippen molar-refractivity contribution in [2.24, 2.45) is 5.11 Å². The van der Waals surface area contributed by atoms with E-state index in [1.807, 2.05) is 6.92 Å². The Bertz CT molecular complexity index is 1190. The summed E-state index contributed by atoms with van der Waals surface area (Å²) in [5, 5.41) is 15.6. The van der Waals surface area contributed by atoms with Crippen molar-refractivity contribution in [3.05, 3.63) is 59.0 Å². The molecule has 0 radical (unpaired) electrons. The summed E-state index contributed by atoms with van der Waals surface area (Å²) >= 11 is 0. The number of hydrogen-bond acceptors (Lipinski definition) is 8. The molecule has 1 amide bonds. The molecule has 3 aromatic rings. The zero-order valence-electron chi connectivity index (χ0n) is 16.8. The van der Waals surface area contributed by atoms with Crippen LogP contribution >= 0.6 is 0 Å². The van der Waals surface area contributed by atoms with Crippen LogP contribution in [0.15, 0.2) is 48.1 Å². The first kappa shape index (κ1) is 21.0. The second kappa shape index (κ2) is 8.88. The highest BCUT2D eigenvalue weighted by atomic mass is 16.7. The summed E-state index contributed by atoms with van der Waals surface area (Å²) < 4.78 is 12.4. The van der Waals surface area contributed by atoms with Crippen LogP contribution in [0.2, 0.25) is 0 Å². The Balaban J connectivity index is 1.70. The van der Waals surface area contributed by atoms with Crippen molar-refractivity contribution in [2.45, 2.75) is 37.8 Å². The summed E-state index contributed by atoms with van der Waals surface area (Å²) in [5.74, 6) is -0.200. The highest BCUT2D eigenvalue weighted by Gasteiger charge is 2.47. The standard InChI is InChI=1S/C19H18N8O5/c1-2-11-12(25-26-20)14(32-19(29)30)18(31-11)27-9-23-13-15(21-8-22-16(13)27)24-17(28)10-6-4-3-5-7-10/h3-9,11-12,14,18H,2H2,1H3,(H,29,30)(H,21,22,24,28)/t11-,12-,14-,18-/m1/s1. The zero-order valence-corrected chi connectivity index (χ0v) is 16.8. The Morgan fingerprint density at radius 3 is 2.78 bits per heavy atom. The van der Waals surface area contributed by atoms with E-state index in [1.54, 1.807) is 30.3 Å². The molecule has 0 spiro atoms. The lowest BCUT2D eigenvalue weighted by atomic mass is 10.1. The van der Waals surface area contributed by atoms with Gasteiger partial charge >= 0.3 is 6.16 Å². The molecule has 32 heavy (non-hydrogen) atoms. The molecular weight excluding hydrogens is 420 g/mol. The van der Waals surface area contributed by atoms with Crippen LogP contribution < -0.4 is 5.32 Å². The number of ether oxygens (including phenoxy) is 2. The molecule has 13 heteroatoms. The number of imidazole rings is 1. The number of fused-ring (bicyclic) bond motifs is 1. The van der Waals surface area contributed by atoms with Crippen molar-refractivity contribution >= 4 is 29.0 Å². The number of rotatable bonds is 6. The average Bonchev–Trinajstić information content (AvgIpc) is 3.36. The Morgan fingerprint density at radius 1 is 1.31 bits per heavy atom. The van der Waals surface area contributed by atoms with Gasteiger partial charge in [-0.25, -0.2) is 19.7 Å². The number of carbonyl (C=O) groups is 2. The third-order valence-corrected chi connectivity index (χ3v) is 5.04. The maximum atomic E-state index is 12.5. The van der Waals surface area contributed by atoms with E-state index in [9.17, 15) is 14.7 Å². The monoisotopic (exact) mass is 438 g/mol. The molecule has 1 aliphatic heterocycles. The number of anilines is 1. The second-order valence-electron chi connectivity index (χ2n) is 6.88. The lowest BCUT2D eigenvalue weighted by Gasteiger charge is -2.20. The fourth-order valence-electron chi connectivity index (χ4n) is 3.62. The summed E-state index contributed by atoms with van der Waals surface area (Å²) in [6.45, 7) is 1.82. The van der Waals surface area contributed by atoms with Gasteiger partial charge in [0.25, 0.3) is 5.91 Å². The summed E-state index contributed by atoms with van der Waals surface area (Å²) in [4.78, 5) is 39.2. The maximum absolute atomic E-state index is 12.5. The molecule has 2 aromatic heterocycles. The molecule has 4 rings (SSSR count). The van der Waals surface area contributed by atoms with Crippen LogP contribution in [0.4, 0.5) is 10.6 Å². The van der Waals surface area contributed by atoms with E-state index in [4.69, 9.17) is 15.0 Å². The fourth-order valence-corrected chi connectivity index (χ4v) is 3.62. The molecular formula is C19H18N8O5. The number of carboxylic acid groups (broad SMARTS) is 1. The number of carbonyl (C=O) groups excluding carboxylic acids is 1. The number of benzene rings is 1. The van der Waals surface area contributed by atoms with Crippen LogP contribution in [0.3, 0.4) is 0 Å². The Kier molecular flexibility index (Phi) is 5.83. The molecule has 4 atom stereocenters. The molecule has 164 valence electrons. The Labute approximate surface area is 180 Å². The number of azide groups is 1. The summed E-state index contributed by atoms with van der Waals surface area (Å²) in [6, 6.07) is 7.72. The van der Waals surface area contributed by atoms with Gasteiger partial charge in [0.1, 0.15) is 12.4 Å². The predicted octanol–water partition coefficient (Wildman–Crippen LogP) is 3.13. The Hall–Kier alpha value is -4.22. The lowest BCUT2D eigenvalue weighted by molar-refractivity contribution is -0.0488. The van der Waals surface area contributed by atoms with E-state index < -0.39 is 30.6 Å². The molecule has 0 aliphatic carbocycles. The van der Waals surface area contributed by atoms with E-state index in [-0.39, 0.29) is 22.9 Å². The molecule has 1 saturated heterocycles. The van der Waals surface area contributed by atoms with E-state index in [0.717, 1.165) is 0 Å². The van der Waals surface area contributed by atoms with Crippen molar-refractivity contribution in [2.75, 3.05) is 5.32 Å². The van der Waals surface area contributed by atoms with E-state index >= 15 is 0 Å². The van der Waals surface area contributed by atoms with Crippen LogP contribution in [-0.2, 0) is 9.47 Å². The SMILES string of the molecule is CC[C@H]1O[C@@H](n2cnc3c(NC(=O)c4ccccc4)ncnc32)[C@H](OC(=O)O)[C@@H]1N=[N+]=[N-]. The third-order valence-electron chi connectivity index (χ3n) is 5.04. The van der Waals surface area contributed by atoms with Gasteiger partial charge in [-0.3, -0.25) is 9.36 Å². The van der Waals surface area contributed by atoms with Gasteiger partial charge in [0.15, 0.2) is 29.3 Å². The number of nitrogens with zero attached hydrogens (tertiary/aromatic N) is 7. The van der Waals surface area contributed by atoms with Crippen molar-refractivity contribution in [1.82, 2.24) is 19.5 Å². The first-order valence-corrected chi connectivity index (χ1v) is 9.66. The van der Waals surface area contributed by atoms with Gasteiger partial charge in [-0.1, -0.05) is 30.2 Å². The first-order valence-electron chi connectivity index (χ1n) is 9.66. The molecule has 1 aromatic carbocycles. The molecule has 1 aliphatic rings. The van der Waals surface area contributed by atoms with Gasteiger partial charge in [0.2, 0.25) is 0 Å². The normalized spacial score (nSPS) is 22.3. The molecule has 13 nitrogen and oxygen atoms in total. The smallest absolute Gasteiger partial charge is 0.450 e. The van der Waals surface area contributed by atoms with Crippen LogP contribution in [0.25, 0.3) is 21.6 Å². The number of aromatic nitrogens is 4. The van der Waals surface area contributed by atoms with Gasteiger partial charge in [0, 0.05) is 10.5 Å². The second-order valence-corrected chi connectivity index (χ2v) is 6.88. The van der Waals surface area contributed by atoms with Crippen molar-refractivity contribution in [1.29, 1.82) is 0 Å². The van der Waals surface area contributed by atoms with Crippen LogP contribution in [-0.4, -0.2) is 54.9 Å². The van der Waals surface area contributed by atoms with Crippen molar-refractivity contribution in [3.63, 3.8) is 0 Å². The van der Waals surface area contributed by atoms with E-state index in [0.29, 0.717) is 12.0 Å². The number of nitrogens with one attached hydrogen (secondary N) is 1. The maximum Gasteiger partial charge on any atom is 0.506 e. The van der Waals surface area contributed by atoms with Gasteiger partial charge in [0.05, 0.1) is 12.4 Å². The largest absolute Gasteiger partial charge is 0.506 e. The molecule has 1 fully saturated rings. The van der Waals surface area contributed by atoms with Crippen LogP contribution in [0.1, 0.15) is 29.9 Å². The quantitative estimate of drug-likeness (QED) is 0.255. The highest BCUT2D eigenvalue weighted by molar-refractivity contribution is 6.06. The molecule has 0 bridgehead atoms.